The molecule has 0 bridgehead atoms. The molecule has 0 atom stereocenters. The van der Waals surface area contributed by atoms with Crippen molar-refractivity contribution in [3.8, 4) is 22.6 Å². The lowest BCUT2D eigenvalue weighted by Gasteiger charge is -2.14. The van der Waals surface area contributed by atoms with Gasteiger partial charge in [0, 0.05) is 35.1 Å². The van der Waals surface area contributed by atoms with Crippen LogP contribution in [0.1, 0.15) is 5.56 Å². The number of nitrogens with one attached hydrogen (secondary N) is 1. The van der Waals surface area contributed by atoms with E-state index < -0.39 is 5.82 Å². The number of hydrogen-bond donors (Lipinski definition) is 1. The van der Waals surface area contributed by atoms with Crippen molar-refractivity contribution < 1.29 is 18.3 Å². The number of hydrogen-bond acceptors (Lipinski definition) is 2. The molecule has 3 nitrogen and oxygen atoms in total. The first-order valence-corrected chi connectivity index (χ1v) is 11.7. The van der Waals surface area contributed by atoms with Crippen molar-refractivity contribution in [1.29, 1.82) is 0 Å². The third-order valence-electron chi connectivity index (χ3n) is 4.98. The highest BCUT2D eigenvalue weighted by molar-refractivity contribution is 7.77. The fourth-order valence-corrected chi connectivity index (χ4v) is 3.84. The van der Waals surface area contributed by atoms with Crippen LogP contribution in [-0.4, -0.2) is 12.2 Å². The minimum Gasteiger partial charge on any atom is -0.457 e. The van der Waals surface area contributed by atoms with Crippen LogP contribution in [0.15, 0.2) is 95.9 Å². The Kier molecular flexibility index (Phi) is 7.05. The molecule has 1 N–H and O–H groups in total. The molecule has 33 heavy (non-hydrogen) atoms. The van der Waals surface area contributed by atoms with Crippen LogP contribution in [0, 0.1) is 11.6 Å². The second kappa shape index (κ2) is 10.3. The van der Waals surface area contributed by atoms with Gasteiger partial charge in [0.15, 0.2) is 4.90 Å². The van der Waals surface area contributed by atoms with Gasteiger partial charge in [-0.1, -0.05) is 30.3 Å². The number of rotatable bonds is 7. The highest BCUT2D eigenvalue weighted by atomic mass is 32.2. The summed E-state index contributed by atoms with van der Waals surface area (Å²) in [5.41, 5.74) is 2.66. The van der Waals surface area contributed by atoms with Crippen molar-refractivity contribution >= 4 is 23.4 Å². The predicted molar refractivity (Wildman–Crippen MR) is 130 cm³/mol. The summed E-state index contributed by atoms with van der Waals surface area (Å²) in [5, 5.41) is 2.88. The van der Waals surface area contributed by atoms with E-state index in [1.165, 1.54) is 40.9 Å². The average Bonchev–Trinajstić information content (AvgIpc) is 2.80. The van der Waals surface area contributed by atoms with Gasteiger partial charge in [-0.05, 0) is 59.7 Å². The molecule has 4 aromatic rings. The number of anilines is 1. The minimum absolute atomic E-state index is 0.174. The van der Waals surface area contributed by atoms with Gasteiger partial charge in [0.05, 0.1) is 6.42 Å². The summed E-state index contributed by atoms with van der Waals surface area (Å²) in [5.74, 6) is -0.318. The minimum atomic E-state index is -0.433. The van der Waals surface area contributed by atoms with E-state index in [1.807, 2.05) is 24.3 Å². The molecular formula is C27H22F2NO2S+. The van der Waals surface area contributed by atoms with Crippen molar-refractivity contribution in [3.63, 3.8) is 0 Å². The van der Waals surface area contributed by atoms with Gasteiger partial charge in [-0.2, -0.15) is 0 Å². The first kappa shape index (κ1) is 22.6. The van der Waals surface area contributed by atoms with Gasteiger partial charge in [-0.15, -0.1) is 0 Å². The average molecular weight is 463 g/mol. The molecular weight excluding hydrogens is 440 g/mol. The van der Waals surface area contributed by atoms with Gasteiger partial charge in [0.25, 0.3) is 0 Å². The highest BCUT2D eigenvalue weighted by Gasteiger charge is 2.13. The van der Waals surface area contributed by atoms with Crippen LogP contribution in [0.2, 0.25) is 0 Å². The van der Waals surface area contributed by atoms with E-state index in [0.29, 0.717) is 28.3 Å². The van der Waals surface area contributed by atoms with Crippen molar-refractivity contribution in [3.05, 3.63) is 108 Å². The van der Waals surface area contributed by atoms with E-state index >= 15 is 0 Å². The fourth-order valence-electron chi connectivity index (χ4n) is 3.39. The SMILES string of the molecule is C[SH+]c1ccc(CC(=O)Nc2ccc(-c3cccc(F)c3)c(Oc3cccc(F)c3)c2)cc1. The Morgan fingerprint density at radius 1 is 0.879 bits per heavy atom. The van der Waals surface area contributed by atoms with E-state index in [2.05, 4.69) is 11.6 Å². The zero-order chi connectivity index (χ0) is 23.2. The molecule has 0 aliphatic heterocycles. The topological polar surface area (TPSA) is 38.3 Å². The van der Waals surface area contributed by atoms with E-state index in [4.69, 9.17) is 4.74 Å². The summed E-state index contributed by atoms with van der Waals surface area (Å²) in [6.07, 6.45) is 2.28. The zero-order valence-electron chi connectivity index (χ0n) is 17.9. The van der Waals surface area contributed by atoms with Crippen molar-refractivity contribution in [2.45, 2.75) is 11.3 Å². The third-order valence-corrected chi connectivity index (χ3v) is 5.80. The summed E-state index contributed by atoms with van der Waals surface area (Å²) in [6.45, 7) is 0. The number of carbonyl (C=O) groups excluding carboxylic acids is 1. The number of ether oxygens (including phenoxy) is 1. The standard InChI is InChI=1S/C27H21F2NO2S/c1-33-24-11-8-18(9-12-24)14-27(31)30-22-10-13-25(19-4-2-5-20(28)15-19)26(17-22)32-23-7-3-6-21(29)16-23/h2-13,15-17H,14H2,1H3,(H,30,31)/p+1. The molecule has 0 radical (unpaired) electrons. The zero-order valence-corrected chi connectivity index (χ0v) is 18.8. The van der Waals surface area contributed by atoms with E-state index in [1.54, 1.807) is 42.5 Å². The third kappa shape index (κ3) is 5.99. The molecule has 0 aromatic heterocycles. The van der Waals surface area contributed by atoms with Crippen molar-refractivity contribution in [1.82, 2.24) is 0 Å². The molecule has 0 unspecified atom stereocenters. The molecule has 0 aliphatic carbocycles. The second-order valence-corrected chi connectivity index (χ2v) is 8.36. The number of halogens is 2. The molecule has 6 heteroatoms. The fraction of sp³-hybridized carbons (Fsp3) is 0.0741. The molecule has 0 spiro atoms. The molecule has 4 aromatic carbocycles. The van der Waals surface area contributed by atoms with E-state index in [9.17, 15) is 13.6 Å². The Morgan fingerprint density at radius 2 is 1.61 bits per heavy atom. The summed E-state index contributed by atoms with van der Waals surface area (Å²) in [4.78, 5) is 13.8. The Hall–Kier alpha value is -3.64. The summed E-state index contributed by atoms with van der Waals surface area (Å²) < 4.78 is 33.4. The first-order chi connectivity index (χ1) is 16.0. The number of benzene rings is 4. The maximum atomic E-state index is 13.8. The Morgan fingerprint density at radius 3 is 2.30 bits per heavy atom. The van der Waals surface area contributed by atoms with E-state index in [0.717, 1.165) is 5.56 Å². The summed E-state index contributed by atoms with van der Waals surface area (Å²) >= 11 is 1.18. The van der Waals surface area contributed by atoms with Crippen LogP contribution in [0.5, 0.6) is 11.5 Å². The molecule has 0 aliphatic rings. The smallest absolute Gasteiger partial charge is 0.228 e. The monoisotopic (exact) mass is 462 g/mol. The Labute approximate surface area is 195 Å². The number of amides is 1. The molecule has 0 heterocycles. The van der Waals surface area contributed by atoms with Gasteiger partial charge in [0.1, 0.15) is 29.4 Å². The normalized spacial score (nSPS) is 10.6. The lowest BCUT2D eigenvalue weighted by atomic mass is 10.0. The molecule has 0 saturated carbocycles. The first-order valence-electron chi connectivity index (χ1n) is 10.3. The van der Waals surface area contributed by atoms with E-state index in [-0.39, 0.29) is 18.1 Å². The van der Waals surface area contributed by atoms with Crippen molar-refractivity contribution in [2.75, 3.05) is 11.6 Å². The van der Waals surface area contributed by atoms with Crippen LogP contribution < -0.4 is 10.1 Å². The van der Waals surface area contributed by atoms with Gasteiger partial charge in [0.2, 0.25) is 5.91 Å². The maximum absolute atomic E-state index is 13.8. The van der Waals surface area contributed by atoms with Crippen LogP contribution in [0.25, 0.3) is 11.1 Å². The van der Waals surface area contributed by atoms with Crippen LogP contribution >= 0.6 is 0 Å². The Balaban J connectivity index is 1.60. The van der Waals surface area contributed by atoms with Crippen molar-refractivity contribution in [2.24, 2.45) is 0 Å². The lowest BCUT2D eigenvalue weighted by Crippen LogP contribution is -2.14. The van der Waals surface area contributed by atoms with Gasteiger partial charge >= 0.3 is 0 Å². The van der Waals surface area contributed by atoms with Gasteiger partial charge in [-0.25, -0.2) is 8.78 Å². The van der Waals surface area contributed by atoms with Crippen LogP contribution in [0.3, 0.4) is 0 Å². The highest BCUT2D eigenvalue weighted by Crippen LogP contribution is 2.36. The Bertz CT molecular complexity index is 1280. The van der Waals surface area contributed by atoms with Crippen LogP contribution in [0.4, 0.5) is 14.5 Å². The quantitative estimate of drug-likeness (QED) is 0.255. The summed E-state index contributed by atoms with van der Waals surface area (Å²) in [7, 11) is 0. The maximum Gasteiger partial charge on any atom is 0.228 e. The molecule has 0 saturated heterocycles. The molecule has 166 valence electrons. The largest absolute Gasteiger partial charge is 0.457 e. The second-order valence-electron chi connectivity index (χ2n) is 7.40. The molecule has 1 amide bonds. The number of thiol groups is 1. The molecule has 4 rings (SSSR count). The predicted octanol–water partition coefficient (Wildman–Crippen LogP) is 6.41. The number of carbonyl (C=O) groups is 1. The van der Waals surface area contributed by atoms with Gasteiger partial charge in [-0.3, -0.25) is 4.79 Å². The summed E-state index contributed by atoms with van der Waals surface area (Å²) in [6, 6.07) is 24.9. The van der Waals surface area contributed by atoms with Gasteiger partial charge < -0.3 is 10.1 Å². The van der Waals surface area contributed by atoms with Crippen LogP contribution in [-0.2, 0) is 23.0 Å². The lowest BCUT2D eigenvalue weighted by molar-refractivity contribution is -0.115. The molecule has 0 fully saturated rings.